The summed E-state index contributed by atoms with van der Waals surface area (Å²) in [6.45, 7) is 2.84. The average Bonchev–Trinajstić information content (AvgIpc) is 2.86. The monoisotopic (exact) mass is 276 g/mol. The lowest BCUT2D eigenvalue weighted by molar-refractivity contribution is 0.0982. The molecule has 0 unspecified atom stereocenters. The minimum Gasteiger partial charge on any atom is -0.496 e. The standard InChI is InChI=1S/C15H17FN2O2/c1-3-8-18-9-7-17-14(18)10-12(19)15-11(16)5-4-6-13(15)20-2/h4-7,9H,3,8,10H2,1-2H3. The normalized spacial score (nSPS) is 10.6. The first-order valence-corrected chi connectivity index (χ1v) is 6.53. The zero-order chi connectivity index (χ0) is 14.5. The number of nitrogens with zero attached hydrogens (tertiary/aromatic N) is 2. The van der Waals surface area contributed by atoms with Crippen LogP contribution in [0.1, 0.15) is 29.5 Å². The Morgan fingerprint density at radius 2 is 2.25 bits per heavy atom. The van der Waals surface area contributed by atoms with Gasteiger partial charge in [-0.15, -0.1) is 0 Å². The molecule has 0 saturated heterocycles. The van der Waals surface area contributed by atoms with E-state index in [0.29, 0.717) is 5.82 Å². The van der Waals surface area contributed by atoms with Crippen molar-refractivity contribution in [1.29, 1.82) is 0 Å². The number of aromatic nitrogens is 2. The Balaban J connectivity index is 2.26. The van der Waals surface area contributed by atoms with Gasteiger partial charge in [-0.2, -0.15) is 0 Å². The molecular formula is C15H17FN2O2. The maximum Gasteiger partial charge on any atom is 0.177 e. The molecule has 0 atom stereocenters. The highest BCUT2D eigenvalue weighted by Crippen LogP contribution is 2.22. The quantitative estimate of drug-likeness (QED) is 0.762. The Hall–Kier alpha value is -2.17. The second-order valence-corrected chi connectivity index (χ2v) is 4.45. The molecule has 20 heavy (non-hydrogen) atoms. The van der Waals surface area contributed by atoms with Gasteiger partial charge in [-0.05, 0) is 18.6 Å². The average molecular weight is 276 g/mol. The predicted molar refractivity (Wildman–Crippen MR) is 73.5 cm³/mol. The van der Waals surface area contributed by atoms with Crippen molar-refractivity contribution >= 4 is 5.78 Å². The lowest BCUT2D eigenvalue weighted by Gasteiger charge is -2.09. The second-order valence-electron chi connectivity index (χ2n) is 4.45. The van der Waals surface area contributed by atoms with Gasteiger partial charge in [0.2, 0.25) is 0 Å². The van der Waals surface area contributed by atoms with Gasteiger partial charge in [-0.3, -0.25) is 4.79 Å². The summed E-state index contributed by atoms with van der Waals surface area (Å²) in [5, 5.41) is 0. The number of ether oxygens (including phenoxy) is 1. The molecule has 0 radical (unpaired) electrons. The molecule has 2 rings (SSSR count). The van der Waals surface area contributed by atoms with Gasteiger partial charge in [0.15, 0.2) is 5.78 Å². The maximum absolute atomic E-state index is 13.8. The Morgan fingerprint density at radius 3 is 2.95 bits per heavy atom. The molecule has 1 heterocycles. The van der Waals surface area contributed by atoms with E-state index in [9.17, 15) is 9.18 Å². The van der Waals surface area contributed by atoms with E-state index in [1.807, 2.05) is 17.7 Å². The molecule has 4 nitrogen and oxygen atoms in total. The fourth-order valence-electron chi connectivity index (χ4n) is 2.13. The first-order chi connectivity index (χ1) is 9.67. The fourth-order valence-corrected chi connectivity index (χ4v) is 2.13. The Labute approximate surface area is 117 Å². The first-order valence-electron chi connectivity index (χ1n) is 6.53. The van der Waals surface area contributed by atoms with Gasteiger partial charge in [-0.1, -0.05) is 13.0 Å². The van der Waals surface area contributed by atoms with Crippen molar-refractivity contribution in [1.82, 2.24) is 9.55 Å². The minimum absolute atomic E-state index is 0.0129. The molecule has 1 aromatic carbocycles. The van der Waals surface area contributed by atoms with Crippen LogP contribution in [-0.2, 0) is 13.0 Å². The minimum atomic E-state index is -0.567. The van der Waals surface area contributed by atoms with Crippen LogP contribution < -0.4 is 4.74 Å². The van der Waals surface area contributed by atoms with Crippen LogP contribution in [0.15, 0.2) is 30.6 Å². The van der Waals surface area contributed by atoms with Gasteiger partial charge < -0.3 is 9.30 Å². The zero-order valence-corrected chi connectivity index (χ0v) is 11.6. The van der Waals surface area contributed by atoms with Crippen LogP contribution in [0.3, 0.4) is 0 Å². The smallest absolute Gasteiger partial charge is 0.177 e. The summed E-state index contributed by atoms with van der Waals surface area (Å²) in [5.41, 5.74) is -0.0129. The molecule has 0 saturated carbocycles. The summed E-state index contributed by atoms with van der Waals surface area (Å²) in [4.78, 5) is 16.5. The number of Topliss-reactive ketones (excluding diaryl/α,β-unsaturated/α-hetero) is 1. The summed E-state index contributed by atoms with van der Waals surface area (Å²) in [6.07, 6.45) is 4.48. The van der Waals surface area contributed by atoms with Gasteiger partial charge in [0.1, 0.15) is 17.4 Å². The number of halogens is 1. The number of imidazole rings is 1. The number of hydrogen-bond donors (Lipinski definition) is 0. The fraction of sp³-hybridized carbons (Fsp3) is 0.333. The number of carbonyl (C=O) groups is 1. The van der Waals surface area contributed by atoms with Crippen molar-refractivity contribution in [3.63, 3.8) is 0 Å². The first kappa shape index (κ1) is 14.2. The molecular weight excluding hydrogens is 259 g/mol. The van der Waals surface area contributed by atoms with Crippen molar-refractivity contribution in [3.05, 3.63) is 47.8 Å². The highest BCUT2D eigenvalue weighted by Gasteiger charge is 2.19. The number of ketones is 1. The lowest BCUT2D eigenvalue weighted by atomic mass is 10.1. The van der Waals surface area contributed by atoms with Gasteiger partial charge in [0.25, 0.3) is 0 Å². The molecule has 0 aliphatic carbocycles. The summed E-state index contributed by atoms with van der Waals surface area (Å²) in [5.74, 6) is -0.00259. The van der Waals surface area contributed by atoms with E-state index in [4.69, 9.17) is 4.74 Å². The largest absolute Gasteiger partial charge is 0.496 e. The van der Waals surface area contributed by atoms with E-state index in [0.717, 1.165) is 13.0 Å². The molecule has 0 N–H and O–H groups in total. The topological polar surface area (TPSA) is 44.1 Å². The van der Waals surface area contributed by atoms with Crippen molar-refractivity contribution in [2.24, 2.45) is 0 Å². The number of aryl methyl sites for hydroxylation is 1. The third kappa shape index (κ3) is 2.87. The molecule has 0 aliphatic rings. The number of hydrogen-bond acceptors (Lipinski definition) is 3. The second kappa shape index (κ2) is 6.32. The molecule has 5 heteroatoms. The summed E-state index contributed by atoms with van der Waals surface area (Å²) in [6, 6.07) is 4.35. The van der Waals surface area contributed by atoms with Gasteiger partial charge in [-0.25, -0.2) is 9.37 Å². The highest BCUT2D eigenvalue weighted by atomic mass is 19.1. The lowest BCUT2D eigenvalue weighted by Crippen LogP contribution is -2.12. The highest BCUT2D eigenvalue weighted by molar-refractivity contribution is 5.99. The van der Waals surface area contributed by atoms with E-state index in [2.05, 4.69) is 4.98 Å². The summed E-state index contributed by atoms with van der Waals surface area (Å²) in [7, 11) is 1.42. The number of benzene rings is 1. The SMILES string of the molecule is CCCn1ccnc1CC(=O)c1c(F)cccc1OC. The van der Waals surface area contributed by atoms with Crippen molar-refractivity contribution < 1.29 is 13.9 Å². The van der Waals surface area contributed by atoms with Crippen LogP contribution in [0, 0.1) is 5.82 Å². The van der Waals surface area contributed by atoms with Gasteiger partial charge in [0, 0.05) is 18.9 Å². The van der Waals surface area contributed by atoms with E-state index in [1.165, 1.54) is 19.2 Å². The van der Waals surface area contributed by atoms with E-state index in [-0.39, 0.29) is 23.5 Å². The van der Waals surface area contributed by atoms with E-state index < -0.39 is 5.82 Å². The van der Waals surface area contributed by atoms with Crippen LogP contribution in [0.5, 0.6) is 5.75 Å². The van der Waals surface area contributed by atoms with Crippen LogP contribution in [-0.4, -0.2) is 22.4 Å². The van der Waals surface area contributed by atoms with E-state index in [1.54, 1.807) is 12.3 Å². The number of carbonyl (C=O) groups excluding carboxylic acids is 1. The number of methoxy groups -OCH3 is 1. The Kier molecular flexibility index (Phi) is 4.50. The van der Waals surface area contributed by atoms with Crippen molar-refractivity contribution in [2.45, 2.75) is 26.3 Å². The molecule has 0 fully saturated rings. The molecule has 0 bridgehead atoms. The Bertz CT molecular complexity index is 608. The molecule has 2 aromatic rings. The van der Waals surface area contributed by atoms with Crippen LogP contribution >= 0.6 is 0 Å². The molecule has 0 spiro atoms. The van der Waals surface area contributed by atoms with Crippen molar-refractivity contribution in [3.8, 4) is 5.75 Å². The van der Waals surface area contributed by atoms with Crippen LogP contribution in [0.4, 0.5) is 4.39 Å². The zero-order valence-electron chi connectivity index (χ0n) is 11.6. The Morgan fingerprint density at radius 1 is 1.45 bits per heavy atom. The summed E-state index contributed by atoms with van der Waals surface area (Å²) < 4.78 is 20.8. The van der Waals surface area contributed by atoms with Gasteiger partial charge >= 0.3 is 0 Å². The van der Waals surface area contributed by atoms with Gasteiger partial charge in [0.05, 0.1) is 19.1 Å². The molecule has 106 valence electrons. The van der Waals surface area contributed by atoms with Crippen LogP contribution in [0.25, 0.3) is 0 Å². The third-order valence-electron chi connectivity index (χ3n) is 3.06. The third-order valence-corrected chi connectivity index (χ3v) is 3.06. The number of rotatable bonds is 6. The molecule has 1 aromatic heterocycles. The van der Waals surface area contributed by atoms with Crippen LogP contribution in [0.2, 0.25) is 0 Å². The van der Waals surface area contributed by atoms with Crippen molar-refractivity contribution in [2.75, 3.05) is 7.11 Å². The van der Waals surface area contributed by atoms with E-state index >= 15 is 0 Å². The molecule has 0 aliphatic heterocycles. The predicted octanol–water partition coefficient (Wildman–Crippen LogP) is 2.87. The molecule has 0 amide bonds. The maximum atomic E-state index is 13.8. The summed E-state index contributed by atoms with van der Waals surface area (Å²) >= 11 is 0.